The number of hydrogen-bond donors (Lipinski definition) is 1. The van der Waals surface area contributed by atoms with Crippen LogP contribution in [0.25, 0.3) is 0 Å². The molecule has 1 aromatic carbocycles. The normalized spacial score (nSPS) is 19.1. The van der Waals surface area contributed by atoms with E-state index < -0.39 is 0 Å². The molecule has 0 radical (unpaired) electrons. The number of rotatable bonds is 4. The average Bonchev–Trinajstić information content (AvgIpc) is 2.96. The first-order valence-corrected chi connectivity index (χ1v) is 8.51. The highest BCUT2D eigenvalue weighted by molar-refractivity contribution is 9.10. The fourth-order valence-corrected chi connectivity index (χ4v) is 3.67. The summed E-state index contributed by atoms with van der Waals surface area (Å²) in [5.41, 5.74) is 0. The molecular weight excluding hydrogens is 338 g/mol. The Kier molecular flexibility index (Phi) is 4.75. The van der Waals surface area contributed by atoms with Crippen LogP contribution in [0.5, 0.6) is 0 Å². The molecule has 1 unspecified atom stereocenters. The van der Waals surface area contributed by atoms with Gasteiger partial charge in [-0.1, -0.05) is 17.3 Å². The van der Waals surface area contributed by atoms with E-state index in [2.05, 4.69) is 37.5 Å². The minimum Gasteiger partial charge on any atom is -0.339 e. The predicted molar refractivity (Wildman–Crippen MR) is 82.8 cm³/mol. The summed E-state index contributed by atoms with van der Waals surface area (Å²) in [6, 6.07) is 8.16. The molecule has 1 aliphatic rings. The highest BCUT2D eigenvalue weighted by Crippen LogP contribution is 2.29. The number of halogens is 1. The van der Waals surface area contributed by atoms with Gasteiger partial charge in [0.15, 0.2) is 5.82 Å². The third kappa shape index (κ3) is 3.42. The molecule has 1 fully saturated rings. The van der Waals surface area contributed by atoms with Gasteiger partial charge in [0.25, 0.3) is 0 Å². The molecule has 106 valence electrons. The number of nitrogens with zero attached hydrogens (tertiary/aromatic N) is 2. The van der Waals surface area contributed by atoms with E-state index in [0.717, 1.165) is 41.5 Å². The molecule has 20 heavy (non-hydrogen) atoms. The van der Waals surface area contributed by atoms with Crippen LogP contribution in [0.1, 0.15) is 30.5 Å². The second-order valence-electron chi connectivity index (χ2n) is 4.81. The van der Waals surface area contributed by atoms with Gasteiger partial charge in [-0.15, -0.1) is 11.8 Å². The first-order chi connectivity index (χ1) is 9.83. The zero-order valence-corrected chi connectivity index (χ0v) is 13.4. The minimum atomic E-state index is 0.374. The Labute approximate surface area is 130 Å². The van der Waals surface area contributed by atoms with Gasteiger partial charge in [-0.05, 0) is 47.4 Å². The maximum Gasteiger partial charge on any atom is 0.231 e. The van der Waals surface area contributed by atoms with Crippen LogP contribution < -0.4 is 5.32 Å². The maximum atomic E-state index is 5.40. The van der Waals surface area contributed by atoms with Gasteiger partial charge < -0.3 is 9.84 Å². The molecule has 0 bridgehead atoms. The van der Waals surface area contributed by atoms with Crippen molar-refractivity contribution in [2.24, 2.45) is 0 Å². The van der Waals surface area contributed by atoms with Crippen molar-refractivity contribution >= 4 is 27.7 Å². The van der Waals surface area contributed by atoms with Gasteiger partial charge in [0.05, 0.1) is 11.7 Å². The molecule has 0 saturated carbocycles. The molecule has 1 saturated heterocycles. The Morgan fingerprint density at radius 3 is 3.10 bits per heavy atom. The van der Waals surface area contributed by atoms with E-state index in [1.807, 2.05) is 18.2 Å². The monoisotopic (exact) mass is 353 g/mol. The summed E-state index contributed by atoms with van der Waals surface area (Å²) in [5.74, 6) is 2.65. The first kappa shape index (κ1) is 14.1. The quantitative estimate of drug-likeness (QED) is 0.851. The summed E-state index contributed by atoms with van der Waals surface area (Å²) in [6.07, 6.45) is 2.31. The lowest BCUT2D eigenvalue weighted by atomic mass is 10.00. The fourth-order valence-electron chi connectivity index (χ4n) is 2.26. The van der Waals surface area contributed by atoms with Gasteiger partial charge in [-0.2, -0.15) is 4.98 Å². The Morgan fingerprint density at radius 2 is 2.30 bits per heavy atom. The number of benzene rings is 1. The zero-order chi connectivity index (χ0) is 13.8. The topological polar surface area (TPSA) is 51.0 Å². The smallest absolute Gasteiger partial charge is 0.231 e. The van der Waals surface area contributed by atoms with Crippen LogP contribution in [-0.4, -0.2) is 23.2 Å². The lowest BCUT2D eigenvalue weighted by molar-refractivity contribution is 0.320. The molecule has 2 aromatic rings. The highest BCUT2D eigenvalue weighted by Gasteiger charge is 2.21. The molecule has 1 aliphatic heterocycles. The summed E-state index contributed by atoms with van der Waals surface area (Å²) >= 11 is 5.26. The maximum absolute atomic E-state index is 5.40. The SMILES string of the molecule is Brc1ccccc1SCc1noc(C2CCCNC2)n1. The van der Waals surface area contributed by atoms with Crippen LogP contribution in [-0.2, 0) is 5.75 Å². The standard InChI is InChI=1S/C14H16BrN3OS/c15-11-5-1-2-6-12(11)20-9-13-17-14(19-18-13)10-4-3-7-16-8-10/h1-2,5-6,10,16H,3-4,7-9H2. The highest BCUT2D eigenvalue weighted by atomic mass is 79.9. The summed E-state index contributed by atoms with van der Waals surface area (Å²) in [6.45, 7) is 2.04. The van der Waals surface area contributed by atoms with Gasteiger partial charge in [-0.25, -0.2) is 0 Å². The Morgan fingerprint density at radius 1 is 1.40 bits per heavy atom. The van der Waals surface area contributed by atoms with Gasteiger partial charge in [0.2, 0.25) is 5.89 Å². The second-order valence-corrected chi connectivity index (χ2v) is 6.68. The van der Waals surface area contributed by atoms with Crippen LogP contribution in [0.2, 0.25) is 0 Å². The minimum absolute atomic E-state index is 0.374. The molecule has 0 aliphatic carbocycles. The van der Waals surface area contributed by atoms with Crippen LogP contribution in [0, 0.1) is 0 Å². The fraction of sp³-hybridized carbons (Fsp3) is 0.429. The van der Waals surface area contributed by atoms with Gasteiger partial charge >= 0.3 is 0 Å². The lowest BCUT2D eigenvalue weighted by Gasteiger charge is -2.18. The lowest BCUT2D eigenvalue weighted by Crippen LogP contribution is -2.28. The molecule has 0 spiro atoms. The van der Waals surface area contributed by atoms with E-state index in [0.29, 0.717) is 5.92 Å². The zero-order valence-electron chi connectivity index (χ0n) is 11.0. The van der Waals surface area contributed by atoms with Crippen LogP contribution in [0.3, 0.4) is 0 Å². The summed E-state index contributed by atoms with van der Waals surface area (Å²) in [7, 11) is 0. The molecular formula is C14H16BrN3OS. The number of aromatic nitrogens is 2. The van der Waals surface area contributed by atoms with E-state index in [-0.39, 0.29) is 0 Å². The van der Waals surface area contributed by atoms with Gasteiger partial charge in [0.1, 0.15) is 0 Å². The predicted octanol–water partition coefficient (Wildman–Crippen LogP) is 3.59. The van der Waals surface area contributed by atoms with Crippen molar-refractivity contribution in [1.82, 2.24) is 15.5 Å². The molecule has 4 nitrogen and oxygen atoms in total. The number of thioether (sulfide) groups is 1. The Hall–Kier alpha value is -0.850. The van der Waals surface area contributed by atoms with Crippen molar-refractivity contribution in [3.05, 3.63) is 40.5 Å². The molecule has 1 atom stereocenters. The molecule has 1 N–H and O–H groups in total. The Balaban J connectivity index is 1.61. The van der Waals surface area contributed by atoms with Crippen LogP contribution >= 0.6 is 27.7 Å². The van der Waals surface area contributed by atoms with Crippen molar-refractivity contribution in [1.29, 1.82) is 0 Å². The first-order valence-electron chi connectivity index (χ1n) is 6.73. The summed E-state index contributed by atoms with van der Waals surface area (Å²) < 4.78 is 6.50. The third-order valence-corrected chi connectivity index (χ3v) is 5.35. The van der Waals surface area contributed by atoms with Crippen LogP contribution in [0.4, 0.5) is 0 Å². The van der Waals surface area contributed by atoms with E-state index in [9.17, 15) is 0 Å². The Bertz CT molecular complexity index is 569. The van der Waals surface area contributed by atoms with E-state index in [4.69, 9.17) is 4.52 Å². The molecule has 3 rings (SSSR count). The van der Waals surface area contributed by atoms with Crippen molar-refractivity contribution in [2.75, 3.05) is 13.1 Å². The molecule has 2 heterocycles. The average molecular weight is 354 g/mol. The number of nitrogens with one attached hydrogen (secondary N) is 1. The van der Waals surface area contributed by atoms with Gasteiger partial charge in [-0.3, -0.25) is 0 Å². The van der Waals surface area contributed by atoms with E-state index >= 15 is 0 Å². The number of piperidine rings is 1. The van der Waals surface area contributed by atoms with E-state index in [1.165, 1.54) is 11.3 Å². The number of hydrogen-bond acceptors (Lipinski definition) is 5. The summed E-state index contributed by atoms with van der Waals surface area (Å²) in [4.78, 5) is 5.72. The van der Waals surface area contributed by atoms with Crippen molar-refractivity contribution < 1.29 is 4.52 Å². The molecule has 6 heteroatoms. The van der Waals surface area contributed by atoms with Crippen molar-refractivity contribution in [3.63, 3.8) is 0 Å². The van der Waals surface area contributed by atoms with Crippen molar-refractivity contribution in [2.45, 2.75) is 29.4 Å². The van der Waals surface area contributed by atoms with Crippen LogP contribution in [0.15, 0.2) is 38.2 Å². The largest absolute Gasteiger partial charge is 0.339 e. The van der Waals surface area contributed by atoms with Crippen molar-refractivity contribution in [3.8, 4) is 0 Å². The second kappa shape index (κ2) is 6.74. The summed E-state index contributed by atoms with van der Waals surface area (Å²) in [5, 5.41) is 7.45. The molecule has 0 amide bonds. The third-order valence-electron chi connectivity index (χ3n) is 3.32. The van der Waals surface area contributed by atoms with E-state index in [1.54, 1.807) is 11.8 Å². The molecule has 1 aromatic heterocycles. The van der Waals surface area contributed by atoms with Gasteiger partial charge in [0, 0.05) is 15.9 Å².